The van der Waals surface area contributed by atoms with Crippen LogP contribution in [0.15, 0.2) is 57.2 Å². The Hall–Kier alpha value is -3.77. The zero-order valence-corrected chi connectivity index (χ0v) is 19.3. The van der Waals surface area contributed by atoms with E-state index in [4.69, 9.17) is 4.74 Å². The molecule has 0 spiro atoms. The predicted molar refractivity (Wildman–Crippen MR) is 122 cm³/mol. The lowest BCUT2D eigenvalue weighted by atomic mass is 10.2. The third kappa shape index (κ3) is 7.40. The number of amides is 3. The van der Waals surface area contributed by atoms with E-state index in [0.717, 1.165) is 14.2 Å². The summed E-state index contributed by atoms with van der Waals surface area (Å²) in [5.74, 6) is 0.0100. The van der Waals surface area contributed by atoms with Gasteiger partial charge in [0, 0.05) is 23.7 Å². The Balaban J connectivity index is 2.46. The smallest absolute Gasteiger partial charge is 0.436 e. The molecule has 1 unspecified atom stereocenters. The van der Waals surface area contributed by atoms with Crippen molar-refractivity contribution in [3.05, 3.63) is 42.5 Å². The Morgan fingerprint density at radius 2 is 1.61 bits per heavy atom. The predicted octanol–water partition coefficient (Wildman–Crippen LogP) is 3.10. The van der Waals surface area contributed by atoms with Crippen molar-refractivity contribution in [2.75, 3.05) is 32.0 Å². The number of benzene rings is 2. The average Bonchev–Trinajstić information content (AvgIpc) is 2.84. The van der Waals surface area contributed by atoms with Gasteiger partial charge in [0.1, 0.15) is 5.75 Å². The Labute approximate surface area is 193 Å². The molecular weight excluding hydrogens is 452 g/mol. The minimum atomic E-state index is -1.58. The van der Waals surface area contributed by atoms with Crippen molar-refractivity contribution in [1.82, 2.24) is 5.32 Å². The second kappa shape index (κ2) is 12.3. The maximum Gasteiger partial charge on any atom is 0.436 e. The number of methoxy groups -OCH3 is 3. The molecule has 12 heteroatoms. The molecule has 0 radical (unpaired) electrons. The molecule has 0 saturated heterocycles. The Morgan fingerprint density at radius 1 is 0.939 bits per heavy atom. The van der Waals surface area contributed by atoms with Crippen molar-refractivity contribution in [3.8, 4) is 5.75 Å². The SMILES string of the molecule is CCC(=O)Nc1ccc([S+]([O-])c2ccc(OC)cc2)cc1NC(=NC(=O)OC)NC(=O)OC. The first-order chi connectivity index (χ1) is 15.8. The van der Waals surface area contributed by atoms with E-state index in [0.29, 0.717) is 21.2 Å². The number of hydrogen-bond acceptors (Lipinski definition) is 7. The van der Waals surface area contributed by atoms with Crippen LogP contribution in [0.4, 0.5) is 21.0 Å². The van der Waals surface area contributed by atoms with Crippen molar-refractivity contribution in [2.45, 2.75) is 23.1 Å². The summed E-state index contributed by atoms with van der Waals surface area (Å²) in [6.07, 6.45) is -1.68. The van der Waals surface area contributed by atoms with Gasteiger partial charge in [-0.15, -0.1) is 4.99 Å². The van der Waals surface area contributed by atoms with E-state index in [1.54, 1.807) is 43.3 Å². The summed E-state index contributed by atoms with van der Waals surface area (Å²) in [5, 5.41) is 7.67. The Kier molecular flexibility index (Phi) is 9.51. The molecule has 2 aromatic rings. The van der Waals surface area contributed by atoms with Crippen molar-refractivity contribution >= 4 is 46.6 Å². The summed E-state index contributed by atoms with van der Waals surface area (Å²) >= 11 is -1.58. The molecular formula is C21H24N4O7S. The van der Waals surface area contributed by atoms with Crippen LogP contribution in [0.1, 0.15) is 13.3 Å². The van der Waals surface area contributed by atoms with Gasteiger partial charge in [0.15, 0.2) is 9.79 Å². The number of guanidine groups is 1. The molecule has 2 rings (SSSR count). The molecule has 0 aliphatic carbocycles. The highest BCUT2D eigenvalue weighted by atomic mass is 32.2. The van der Waals surface area contributed by atoms with E-state index in [1.807, 2.05) is 0 Å². The molecule has 0 aliphatic heterocycles. The van der Waals surface area contributed by atoms with Crippen molar-refractivity contribution in [3.63, 3.8) is 0 Å². The zero-order chi connectivity index (χ0) is 24.4. The summed E-state index contributed by atoms with van der Waals surface area (Å²) in [7, 11) is 3.78. The summed E-state index contributed by atoms with van der Waals surface area (Å²) in [5.41, 5.74) is 0.525. The second-order valence-corrected chi connectivity index (χ2v) is 7.71. The van der Waals surface area contributed by atoms with Gasteiger partial charge >= 0.3 is 12.2 Å². The third-order valence-electron chi connectivity index (χ3n) is 4.11. The fourth-order valence-corrected chi connectivity index (χ4v) is 3.50. The molecule has 0 saturated carbocycles. The second-order valence-electron chi connectivity index (χ2n) is 6.23. The average molecular weight is 477 g/mol. The van der Waals surface area contributed by atoms with Gasteiger partial charge in [-0.05, 0) is 36.4 Å². The highest BCUT2D eigenvalue weighted by Gasteiger charge is 2.19. The highest BCUT2D eigenvalue weighted by Crippen LogP contribution is 2.30. The van der Waals surface area contributed by atoms with E-state index < -0.39 is 23.4 Å². The number of aliphatic imine (C=N–C) groups is 1. The summed E-state index contributed by atoms with van der Waals surface area (Å²) < 4.78 is 27.2. The van der Waals surface area contributed by atoms with Crippen molar-refractivity contribution in [2.24, 2.45) is 4.99 Å². The number of rotatable bonds is 6. The van der Waals surface area contributed by atoms with Crippen molar-refractivity contribution < 1.29 is 33.1 Å². The standard InChI is InChI=1S/C21H24N4O7S/c1-5-18(26)22-16-11-10-15(33(29)14-8-6-13(30-2)7-9-14)12-17(16)23-19(24-20(27)31-3)25-21(28)32-4/h6-12H,5H2,1-4H3,(H,22,26)(H2,23,24,25,27,28). The van der Waals surface area contributed by atoms with Crippen LogP contribution in [0.25, 0.3) is 0 Å². The van der Waals surface area contributed by atoms with Crippen LogP contribution < -0.4 is 20.7 Å². The lowest BCUT2D eigenvalue weighted by Gasteiger charge is -2.17. The van der Waals surface area contributed by atoms with Gasteiger partial charge in [-0.25, -0.2) is 9.59 Å². The minimum absolute atomic E-state index is 0.211. The van der Waals surface area contributed by atoms with Crippen LogP contribution in [0.5, 0.6) is 5.75 Å². The summed E-state index contributed by atoms with van der Waals surface area (Å²) in [4.78, 5) is 39.8. The quantitative estimate of drug-likeness (QED) is 0.327. The van der Waals surface area contributed by atoms with Crippen molar-refractivity contribution in [1.29, 1.82) is 0 Å². The van der Waals surface area contributed by atoms with Gasteiger partial charge in [-0.3, -0.25) is 10.1 Å². The molecule has 2 aromatic carbocycles. The number of nitrogens with zero attached hydrogens (tertiary/aromatic N) is 1. The van der Waals surface area contributed by atoms with Gasteiger partial charge in [0.25, 0.3) is 0 Å². The number of alkyl carbamates (subject to hydrolysis) is 1. The Morgan fingerprint density at radius 3 is 2.18 bits per heavy atom. The van der Waals surface area contributed by atoms with Crippen LogP contribution >= 0.6 is 0 Å². The van der Waals surface area contributed by atoms with Crippen LogP contribution in [-0.2, 0) is 25.4 Å². The molecule has 3 amide bonds. The molecule has 0 heterocycles. The topological polar surface area (TPSA) is 150 Å². The minimum Gasteiger partial charge on any atom is -0.606 e. The molecule has 0 aromatic heterocycles. The van der Waals surface area contributed by atoms with Gasteiger partial charge in [-0.2, -0.15) is 0 Å². The van der Waals surface area contributed by atoms with E-state index in [1.165, 1.54) is 13.2 Å². The van der Waals surface area contributed by atoms with E-state index in [9.17, 15) is 18.9 Å². The van der Waals surface area contributed by atoms with Gasteiger partial charge in [0.2, 0.25) is 11.9 Å². The molecule has 1 atom stereocenters. The van der Waals surface area contributed by atoms with Crippen LogP contribution in [0.2, 0.25) is 0 Å². The molecule has 11 nitrogen and oxygen atoms in total. The molecule has 0 aliphatic rings. The Bertz CT molecular complexity index is 1030. The number of hydrogen-bond donors (Lipinski definition) is 3. The third-order valence-corrected chi connectivity index (χ3v) is 5.49. The van der Waals surface area contributed by atoms with Crippen LogP contribution in [-0.4, -0.2) is 49.9 Å². The fraction of sp³-hybridized carbons (Fsp3) is 0.238. The van der Waals surface area contributed by atoms with Crippen LogP contribution in [0.3, 0.4) is 0 Å². The van der Waals surface area contributed by atoms with E-state index in [2.05, 4.69) is 30.4 Å². The lowest BCUT2D eigenvalue weighted by molar-refractivity contribution is -0.115. The fourth-order valence-electron chi connectivity index (χ4n) is 2.42. The van der Waals surface area contributed by atoms with Crippen LogP contribution in [0, 0.1) is 0 Å². The van der Waals surface area contributed by atoms with Gasteiger partial charge < -0.3 is 29.4 Å². The number of carbonyl (C=O) groups is 3. The first kappa shape index (κ1) is 25.5. The normalized spacial score (nSPS) is 11.7. The molecule has 0 fully saturated rings. The number of ether oxygens (including phenoxy) is 3. The first-order valence-corrected chi connectivity index (χ1v) is 10.7. The summed E-state index contributed by atoms with van der Waals surface area (Å²) in [6.45, 7) is 1.68. The number of carbonyl (C=O) groups excluding carboxylic acids is 3. The molecule has 176 valence electrons. The highest BCUT2D eigenvalue weighted by molar-refractivity contribution is 7.91. The largest absolute Gasteiger partial charge is 0.606 e. The number of nitrogens with one attached hydrogen (secondary N) is 3. The first-order valence-electron chi connectivity index (χ1n) is 9.59. The molecule has 0 bridgehead atoms. The number of anilines is 2. The monoisotopic (exact) mass is 476 g/mol. The lowest BCUT2D eigenvalue weighted by Crippen LogP contribution is -2.36. The zero-order valence-electron chi connectivity index (χ0n) is 18.5. The molecule has 33 heavy (non-hydrogen) atoms. The maximum absolute atomic E-state index is 13.1. The maximum atomic E-state index is 13.1. The van der Waals surface area contributed by atoms with Gasteiger partial charge in [-0.1, -0.05) is 6.92 Å². The van der Waals surface area contributed by atoms with E-state index in [-0.39, 0.29) is 24.0 Å². The van der Waals surface area contributed by atoms with Gasteiger partial charge in [0.05, 0.1) is 32.7 Å². The summed E-state index contributed by atoms with van der Waals surface area (Å²) in [6, 6.07) is 11.3. The molecule has 3 N–H and O–H groups in total. The van der Waals surface area contributed by atoms with E-state index >= 15 is 0 Å².